The quantitative estimate of drug-likeness (QED) is 0.567. The lowest BCUT2D eigenvalue weighted by atomic mass is 9.61. The summed E-state index contributed by atoms with van der Waals surface area (Å²) in [7, 11) is 0. The molecule has 0 aromatic carbocycles. The summed E-state index contributed by atoms with van der Waals surface area (Å²) in [4.78, 5) is 0. The molecule has 3 aliphatic rings. The summed E-state index contributed by atoms with van der Waals surface area (Å²) in [6, 6.07) is 0. The number of hydrogen-bond donors (Lipinski definition) is 0. The summed E-state index contributed by atoms with van der Waals surface area (Å²) in [6.07, 6.45) is 10.7. The summed E-state index contributed by atoms with van der Waals surface area (Å²) in [5.41, 5.74) is 0.838. The van der Waals surface area contributed by atoms with Gasteiger partial charge in [-0.15, -0.1) is 0 Å². The van der Waals surface area contributed by atoms with Gasteiger partial charge in [-0.05, 0) is 78.9 Å². The largest absolute Gasteiger partial charge is 0.0625 e. The molecule has 116 valence electrons. The van der Waals surface area contributed by atoms with E-state index in [1.54, 1.807) is 19.3 Å². The first-order chi connectivity index (χ1) is 9.45. The van der Waals surface area contributed by atoms with E-state index in [-0.39, 0.29) is 0 Å². The monoisotopic (exact) mass is 276 g/mol. The van der Waals surface area contributed by atoms with Gasteiger partial charge in [-0.25, -0.2) is 0 Å². The van der Waals surface area contributed by atoms with Crippen molar-refractivity contribution in [2.75, 3.05) is 0 Å². The normalized spacial score (nSPS) is 52.5. The van der Waals surface area contributed by atoms with Crippen LogP contribution in [0.2, 0.25) is 0 Å². The molecular weight excluding hydrogens is 240 g/mol. The molecule has 0 heterocycles. The maximum atomic E-state index is 2.60. The Hall–Kier alpha value is 0. The van der Waals surface area contributed by atoms with Crippen molar-refractivity contribution in [1.82, 2.24) is 0 Å². The molecule has 3 aliphatic carbocycles. The second-order valence-corrected chi connectivity index (χ2v) is 9.17. The van der Waals surface area contributed by atoms with Crippen molar-refractivity contribution in [2.45, 2.75) is 79.6 Å². The summed E-state index contributed by atoms with van der Waals surface area (Å²) in [5.74, 6) is 6.93. The first-order valence-electron chi connectivity index (χ1n) is 9.45. The van der Waals surface area contributed by atoms with Crippen LogP contribution in [0.1, 0.15) is 79.6 Å². The van der Waals surface area contributed by atoms with Crippen molar-refractivity contribution in [3.05, 3.63) is 0 Å². The zero-order valence-electron chi connectivity index (χ0n) is 14.5. The van der Waals surface area contributed by atoms with Gasteiger partial charge >= 0.3 is 0 Å². The molecule has 0 radical (unpaired) electrons. The van der Waals surface area contributed by atoms with Gasteiger partial charge in [0.15, 0.2) is 0 Å². The molecule has 0 N–H and O–H groups in total. The lowest BCUT2D eigenvalue weighted by Crippen LogP contribution is -2.37. The molecule has 7 unspecified atom stereocenters. The lowest BCUT2D eigenvalue weighted by Gasteiger charge is -2.43. The van der Waals surface area contributed by atoms with E-state index in [9.17, 15) is 0 Å². The molecule has 0 saturated heterocycles. The molecule has 3 saturated carbocycles. The molecule has 0 heteroatoms. The number of fused-ring (bicyclic) bond motifs is 1. The van der Waals surface area contributed by atoms with Gasteiger partial charge in [0.05, 0.1) is 0 Å². The van der Waals surface area contributed by atoms with E-state index in [1.807, 2.05) is 0 Å². The highest BCUT2D eigenvalue weighted by molar-refractivity contribution is 5.15. The van der Waals surface area contributed by atoms with Crippen molar-refractivity contribution >= 4 is 0 Å². The van der Waals surface area contributed by atoms with Gasteiger partial charge in [0, 0.05) is 0 Å². The van der Waals surface area contributed by atoms with Crippen LogP contribution < -0.4 is 0 Å². The Kier molecular flexibility index (Phi) is 3.97. The summed E-state index contributed by atoms with van der Waals surface area (Å²) in [6.45, 7) is 12.6. The van der Waals surface area contributed by atoms with Crippen LogP contribution in [0.5, 0.6) is 0 Å². The fraction of sp³-hybridized carbons (Fsp3) is 1.00. The summed E-state index contributed by atoms with van der Waals surface area (Å²) < 4.78 is 0. The van der Waals surface area contributed by atoms with E-state index in [0.29, 0.717) is 0 Å². The zero-order valence-corrected chi connectivity index (χ0v) is 14.5. The molecule has 0 aromatic heterocycles. The smallest absolute Gasteiger partial charge is 0.0233 e. The fourth-order valence-electron chi connectivity index (χ4n) is 6.07. The minimum Gasteiger partial charge on any atom is -0.0625 e. The van der Waals surface area contributed by atoms with Gasteiger partial charge in [-0.3, -0.25) is 0 Å². The van der Waals surface area contributed by atoms with Crippen LogP contribution in [-0.2, 0) is 0 Å². The Labute approximate surface area is 127 Å². The van der Waals surface area contributed by atoms with Gasteiger partial charge in [0.2, 0.25) is 0 Å². The highest BCUT2D eigenvalue weighted by Gasteiger charge is 2.66. The van der Waals surface area contributed by atoms with Crippen LogP contribution >= 0.6 is 0 Å². The van der Waals surface area contributed by atoms with Crippen LogP contribution in [0.3, 0.4) is 0 Å². The van der Waals surface area contributed by atoms with E-state index >= 15 is 0 Å². The molecule has 7 atom stereocenters. The molecule has 3 rings (SSSR count). The predicted octanol–water partition coefficient (Wildman–Crippen LogP) is 6.16. The SMILES string of the molecule is CC(C)C1CCC(C)C(C)C(C23CCC2C3)C(C)CC1. The highest BCUT2D eigenvalue weighted by Crippen LogP contribution is 2.74. The third-order valence-corrected chi connectivity index (χ3v) is 7.91. The van der Waals surface area contributed by atoms with E-state index in [1.165, 1.54) is 25.7 Å². The van der Waals surface area contributed by atoms with Gasteiger partial charge in [0.1, 0.15) is 0 Å². The zero-order chi connectivity index (χ0) is 14.5. The van der Waals surface area contributed by atoms with Gasteiger partial charge in [0.25, 0.3) is 0 Å². The Balaban J connectivity index is 1.76. The summed E-state index contributed by atoms with van der Waals surface area (Å²) >= 11 is 0. The maximum Gasteiger partial charge on any atom is -0.0233 e. The van der Waals surface area contributed by atoms with E-state index in [4.69, 9.17) is 0 Å². The third kappa shape index (κ3) is 2.35. The Morgan fingerprint density at radius 2 is 1.50 bits per heavy atom. The number of rotatable bonds is 2. The first kappa shape index (κ1) is 14.9. The second-order valence-electron chi connectivity index (χ2n) is 9.17. The maximum absolute atomic E-state index is 2.60. The van der Waals surface area contributed by atoms with Crippen LogP contribution in [0.4, 0.5) is 0 Å². The Morgan fingerprint density at radius 1 is 0.850 bits per heavy atom. The highest BCUT2D eigenvalue weighted by atomic mass is 14.7. The van der Waals surface area contributed by atoms with Crippen LogP contribution in [0, 0.1) is 46.8 Å². The first-order valence-corrected chi connectivity index (χ1v) is 9.45. The van der Waals surface area contributed by atoms with E-state index in [2.05, 4.69) is 34.6 Å². The Morgan fingerprint density at radius 3 is 1.95 bits per heavy atom. The molecule has 0 nitrogen and oxygen atoms in total. The van der Waals surface area contributed by atoms with Crippen molar-refractivity contribution < 1.29 is 0 Å². The molecular formula is C20H36. The average molecular weight is 277 g/mol. The van der Waals surface area contributed by atoms with Crippen molar-refractivity contribution in [3.8, 4) is 0 Å². The minimum absolute atomic E-state index is 0.838. The molecule has 0 aromatic rings. The van der Waals surface area contributed by atoms with Crippen LogP contribution in [-0.4, -0.2) is 0 Å². The summed E-state index contributed by atoms with van der Waals surface area (Å²) in [5, 5.41) is 0. The minimum atomic E-state index is 0.838. The van der Waals surface area contributed by atoms with Crippen LogP contribution in [0.25, 0.3) is 0 Å². The van der Waals surface area contributed by atoms with Gasteiger partial charge in [-0.2, -0.15) is 0 Å². The fourth-order valence-corrected chi connectivity index (χ4v) is 6.07. The molecule has 0 amide bonds. The Bertz CT molecular complexity index is 340. The average Bonchev–Trinajstić information content (AvgIpc) is 2.89. The topological polar surface area (TPSA) is 0 Å². The second kappa shape index (κ2) is 5.33. The standard InChI is InChI=1S/C20H36/c1-13(2)17-8-6-14(3)16(5)19(15(4)7-9-17)20-11-10-18(20)12-20/h13-19H,6-12H2,1-5H3. The van der Waals surface area contributed by atoms with E-state index in [0.717, 1.165) is 46.8 Å². The predicted molar refractivity (Wildman–Crippen MR) is 87.6 cm³/mol. The van der Waals surface area contributed by atoms with Crippen LogP contribution in [0.15, 0.2) is 0 Å². The molecule has 0 spiro atoms. The molecule has 0 bridgehead atoms. The lowest BCUT2D eigenvalue weighted by molar-refractivity contribution is 0.0519. The van der Waals surface area contributed by atoms with Gasteiger partial charge in [-0.1, -0.05) is 47.5 Å². The molecule has 3 fully saturated rings. The number of hydrogen-bond acceptors (Lipinski definition) is 0. The van der Waals surface area contributed by atoms with E-state index < -0.39 is 0 Å². The van der Waals surface area contributed by atoms with Crippen molar-refractivity contribution in [2.24, 2.45) is 46.8 Å². The third-order valence-electron chi connectivity index (χ3n) is 7.91. The van der Waals surface area contributed by atoms with Crippen molar-refractivity contribution in [3.63, 3.8) is 0 Å². The van der Waals surface area contributed by atoms with Crippen molar-refractivity contribution in [1.29, 1.82) is 0 Å². The molecule has 20 heavy (non-hydrogen) atoms. The molecule has 0 aliphatic heterocycles. The van der Waals surface area contributed by atoms with Gasteiger partial charge < -0.3 is 0 Å².